The van der Waals surface area contributed by atoms with Crippen molar-refractivity contribution in [1.82, 2.24) is 24.7 Å². The normalized spacial score (nSPS) is 13.8. The summed E-state index contributed by atoms with van der Waals surface area (Å²) in [6.45, 7) is 3.75. The van der Waals surface area contributed by atoms with Crippen LogP contribution in [-0.4, -0.2) is 48.6 Å². The second-order valence-electron chi connectivity index (χ2n) is 9.16. The highest BCUT2D eigenvalue weighted by Gasteiger charge is 2.25. The van der Waals surface area contributed by atoms with Gasteiger partial charge in [0.1, 0.15) is 0 Å². The molecule has 9 heteroatoms. The van der Waals surface area contributed by atoms with Crippen LogP contribution in [0.4, 0.5) is 5.82 Å². The first-order chi connectivity index (χ1) is 16.3. The predicted octanol–water partition coefficient (Wildman–Crippen LogP) is 4.19. The Kier molecular flexibility index (Phi) is 5.71. The van der Waals surface area contributed by atoms with Crippen molar-refractivity contribution in [3.05, 3.63) is 65.7 Å². The third-order valence-corrected chi connectivity index (χ3v) is 5.89. The molecule has 0 aliphatic heterocycles. The van der Waals surface area contributed by atoms with E-state index >= 15 is 0 Å². The van der Waals surface area contributed by atoms with Gasteiger partial charge >= 0.3 is 0 Å². The van der Waals surface area contributed by atoms with Gasteiger partial charge in [-0.2, -0.15) is 0 Å². The van der Waals surface area contributed by atoms with Crippen LogP contribution in [0.2, 0.25) is 5.02 Å². The summed E-state index contributed by atoms with van der Waals surface area (Å²) in [6.07, 6.45) is 9.11. The number of pyridine rings is 1. The number of aromatic nitrogens is 4. The topological polar surface area (TPSA) is 104 Å². The van der Waals surface area contributed by atoms with Gasteiger partial charge in [-0.1, -0.05) is 17.7 Å². The Labute approximate surface area is 202 Å². The van der Waals surface area contributed by atoms with Gasteiger partial charge in [0.15, 0.2) is 11.5 Å². The van der Waals surface area contributed by atoms with Gasteiger partial charge in [0.25, 0.3) is 5.91 Å². The first-order valence-electron chi connectivity index (χ1n) is 11.1. The number of rotatable bonds is 7. The van der Waals surface area contributed by atoms with Crippen LogP contribution in [0.1, 0.15) is 37.0 Å². The highest BCUT2D eigenvalue weighted by atomic mass is 35.5. The third kappa shape index (κ3) is 4.73. The van der Waals surface area contributed by atoms with Crippen molar-refractivity contribution in [2.45, 2.75) is 38.3 Å². The number of fused-ring (bicyclic) bond motifs is 1. The van der Waals surface area contributed by atoms with E-state index in [9.17, 15) is 9.90 Å². The van der Waals surface area contributed by atoms with Crippen molar-refractivity contribution >= 4 is 29.0 Å². The van der Waals surface area contributed by atoms with Crippen molar-refractivity contribution in [2.24, 2.45) is 0 Å². The minimum absolute atomic E-state index is 0.153. The van der Waals surface area contributed by atoms with E-state index in [1.54, 1.807) is 44.6 Å². The van der Waals surface area contributed by atoms with E-state index in [1.807, 2.05) is 28.8 Å². The highest BCUT2D eigenvalue weighted by Crippen LogP contribution is 2.30. The van der Waals surface area contributed by atoms with Gasteiger partial charge in [0.05, 0.1) is 33.8 Å². The van der Waals surface area contributed by atoms with Crippen LogP contribution >= 0.6 is 11.6 Å². The highest BCUT2D eigenvalue weighted by molar-refractivity contribution is 6.34. The number of anilines is 1. The molecule has 4 aromatic rings. The number of halogens is 1. The maximum absolute atomic E-state index is 12.5. The summed E-state index contributed by atoms with van der Waals surface area (Å²) < 4.78 is 1.94. The molecule has 1 saturated carbocycles. The largest absolute Gasteiger partial charge is 0.389 e. The molecule has 1 aliphatic carbocycles. The number of carbonyl (C=O) groups excluding carboxylic acids is 1. The fraction of sp³-hybridized carbons (Fsp3) is 0.280. The average molecular weight is 477 g/mol. The Balaban J connectivity index is 1.57. The number of nitrogens with one attached hydrogen (secondary N) is 2. The Morgan fingerprint density at radius 2 is 1.97 bits per heavy atom. The molecule has 3 aromatic heterocycles. The molecule has 0 saturated heterocycles. The third-order valence-electron chi connectivity index (χ3n) is 5.58. The van der Waals surface area contributed by atoms with Crippen LogP contribution in [0.5, 0.6) is 0 Å². The number of imidazole rings is 1. The van der Waals surface area contributed by atoms with Crippen LogP contribution in [0, 0.1) is 0 Å². The van der Waals surface area contributed by atoms with Crippen molar-refractivity contribution in [3.8, 4) is 22.5 Å². The van der Waals surface area contributed by atoms with Crippen LogP contribution in [0.25, 0.3) is 28.2 Å². The lowest BCUT2D eigenvalue weighted by molar-refractivity contribution is 0.0940. The summed E-state index contributed by atoms with van der Waals surface area (Å²) in [5.74, 6) is 0.397. The van der Waals surface area contributed by atoms with E-state index in [2.05, 4.69) is 20.6 Å². The summed E-state index contributed by atoms with van der Waals surface area (Å²) in [4.78, 5) is 25.9. The number of aliphatic hydroxyl groups is 1. The SMILES string of the molecule is CC(C)(O)CNc1nc(-c2ccncc2)cn2c(-c3ccc(C(=O)NC4CC4)c(Cl)c3)cnc12. The number of hydrogen-bond donors (Lipinski definition) is 3. The predicted molar refractivity (Wildman–Crippen MR) is 132 cm³/mol. The molecular weight excluding hydrogens is 452 g/mol. The molecule has 1 aromatic carbocycles. The lowest BCUT2D eigenvalue weighted by Gasteiger charge is -2.19. The lowest BCUT2D eigenvalue weighted by Crippen LogP contribution is -2.29. The van der Waals surface area contributed by atoms with Crippen LogP contribution < -0.4 is 10.6 Å². The van der Waals surface area contributed by atoms with Crippen LogP contribution in [0.15, 0.2) is 55.1 Å². The Morgan fingerprint density at radius 1 is 1.21 bits per heavy atom. The summed E-state index contributed by atoms with van der Waals surface area (Å²) in [5.41, 5.74) is 3.38. The molecule has 34 heavy (non-hydrogen) atoms. The van der Waals surface area contributed by atoms with Crippen LogP contribution in [0.3, 0.4) is 0 Å². The molecule has 5 rings (SSSR count). The fourth-order valence-corrected chi connectivity index (χ4v) is 3.90. The zero-order valence-corrected chi connectivity index (χ0v) is 19.7. The fourth-order valence-electron chi connectivity index (χ4n) is 3.63. The molecule has 0 unspecified atom stereocenters. The van der Waals surface area contributed by atoms with Gasteiger partial charge in [-0.25, -0.2) is 9.97 Å². The van der Waals surface area contributed by atoms with E-state index in [1.165, 1.54) is 0 Å². The minimum atomic E-state index is -0.925. The summed E-state index contributed by atoms with van der Waals surface area (Å²) in [7, 11) is 0. The second-order valence-corrected chi connectivity index (χ2v) is 9.56. The standard InChI is InChI=1S/C25H25ClN6O2/c1-25(2,34)14-29-22-23-28-12-21(32(23)13-20(31-22)15-7-9-27-10-8-15)16-3-6-18(19(26)11-16)24(33)30-17-4-5-17/h3,6-13,17,34H,4-5,14H2,1-2H3,(H,29,31)(H,30,33). The van der Waals surface area contributed by atoms with Crippen molar-refractivity contribution in [2.75, 3.05) is 11.9 Å². The molecule has 0 bridgehead atoms. The molecule has 3 heterocycles. The van der Waals surface area contributed by atoms with Crippen molar-refractivity contribution in [3.63, 3.8) is 0 Å². The zero-order valence-electron chi connectivity index (χ0n) is 18.9. The summed E-state index contributed by atoms with van der Waals surface area (Å²) >= 11 is 6.50. The van der Waals surface area contributed by atoms with Gasteiger partial charge in [-0.3, -0.25) is 14.2 Å². The second kappa shape index (κ2) is 8.70. The molecular formula is C25H25ClN6O2. The molecule has 1 fully saturated rings. The Hall–Kier alpha value is -3.49. The van der Waals surface area contributed by atoms with Gasteiger partial charge in [0, 0.05) is 42.3 Å². The lowest BCUT2D eigenvalue weighted by atomic mass is 10.1. The Bertz CT molecular complexity index is 1360. The van der Waals surface area contributed by atoms with Crippen molar-refractivity contribution < 1.29 is 9.90 Å². The average Bonchev–Trinajstić information content (AvgIpc) is 3.52. The minimum Gasteiger partial charge on any atom is -0.389 e. The molecule has 0 atom stereocenters. The molecule has 174 valence electrons. The first-order valence-corrected chi connectivity index (χ1v) is 11.5. The van der Waals surface area contributed by atoms with E-state index in [0.717, 1.165) is 35.4 Å². The Morgan fingerprint density at radius 3 is 2.65 bits per heavy atom. The van der Waals surface area contributed by atoms with E-state index in [-0.39, 0.29) is 11.9 Å². The number of hydrogen-bond acceptors (Lipinski definition) is 6. The number of nitrogens with zero attached hydrogens (tertiary/aromatic N) is 4. The maximum Gasteiger partial charge on any atom is 0.253 e. The number of benzene rings is 1. The smallest absolute Gasteiger partial charge is 0.253 e. The number of amides is 1. The number of carbonyl (C=O) groups is 1. The van der Waals surface area contributed by atoms with Crippen molar-refractivity contribution in [1.29, 1.82) is 0 Å². The summed E-state index contributed by atoms with van der Waals surface area (Å²) in [6, 6.07) is 9.42. The molecule has 1 aliphatic rings. The van der Waals surface area contributed by atoms with E-state index < -0.39 is 5.60 Å². The van der Waals surface area contributed by atoms with Gasteiger partial charge in [0.2, 0.25) is 0 Å². The molecule has 3 N–H and O–H groups in total. The maximum atomic E-state index is 12.5. The molecule has 0 radical (unpaired) electrons. The van der Waals surface area contributed by atoms with E-state index in [0.29, 0.717) is 28.6 Å². The molecule has 8 nitrogen and oxygen atoms in total. The van der Waals surface area contributed by atoms with Gasteiger partial charge in [-0.15, -0.1) is 0 Å². The quantitative estimate of drug-likeness (QED) is 0.369. The zero-order chi connectivity index (χ0) is 23.9. The monoisotopic (exact) mass is 476 g/mol. The molecule has 0 spiro atoms. The van der Waals surface area contributed by atoms with Crippen LogP contribution in [-0.2, 0) is 0 Å². The summed E-state index contributed by atoms with van der Waals surface area (Å²) in [5, 5.41) is 16.8. The van der Waals surface area contributed by atoms with Gasteiger partial charge in [-0.05, 0) is 51.0 Å². The molecule has 1 amide bonds. The van der Waals surface area contributed by atoms with E-state index in [4.69, 9.17) is 16.6 Å². The first kappa shape index (κ1) is 22.3. The van der Waals surface area contributed by atoms with Gasteiger partial charge < -0.3 is 15.7 Å².